The molecular formula is C13H18N4O3. The molecule has 0 aliphatic carbocycles. The predicted molar refractivity (Wildman–Crippen MR) is 70.6 cm³/mol. The molecule has 1 aliphatic rings. The van der Waals surface area contributed by atoms with Crippen molar-refractivity contribution in [3.8, 4) is 6.07 Å². The monoisotopic (exact) mass is 278 g/mol. The Morgan fingerprint density at radius 2 is 2.30 bits per heavy atom. The van der Waals surface area contributed by atoms with E-state index in [1.165, 1.54) is 0 Å². The first-order chi connectivity index (χ1) is 9.65. The fourth-order valence-electron chi connectivity index (χ4n) is 2.00. The average Bonchev–Trinajstić information content (AvgIpc) is 2.83. The molecule has 1 aromatic heterocycles. The number of amides is 1. The van der Waals surface area contributed by atoms with Crippen LogP contribution in [0, 0.1) is 17.2 Å². The van der Waals surface area contributed by atoms with E-state index in [-0.39, 0.29) is 18.3 Å². The van der Waals surface area contributed by atoms with Crippen molar-refractivity contribution >= 4 is 12.4 Å². The first-order valence-corrected chi connectivity index (χ1v) is 6.41. The Balaban J connectivity index is 0.000000612. The van der Waals surface area contributed by atoms with E-state index in [1.54, 1.807) is 11.1 Å². The largest absolute Gasteiger partial charge is 0.483 e. The lowest BCUT2D eigenvalue weighted by atomic mass is 10.0. The molecule has 1 fully saturated rings. The van der Waals surface area contributed by atoms with Gasteiger partial charge in [0, 0.05) is 44.9 Å². The zero-order chi connectivity index (χ0) is 15.0. The SMILES string of the molecule is CCc1nccn1CCC(=O)N1CC(C#N)C1.O=CO. The normalized spacial score (nSPS) is 13.7. The third-order valence-electron chi connectivity index (χ3n) is 3.10. The van der Waals surface area contributed by atoms with Crippen LogP contribution in [0.2, 0.25) is 0 Å². The van der Waals surface area contributed by atoms with Gasteiger partial charge in [0.1, 0.15) is 5.82 Å². The molecule has 20 heavy (non-hydrogen) atoms. The van der Waals surface area contributed by atoms with Gasteiger partial charge in [-0.2, -0.15) is 5.26 Å². The van der Waals surface area contributed by atoms with Gasteiger partial charge in [-0.3, -0.25) is 9.59 Å². The van der Waals surface area contributed by atoms with E-state index in [2.05, 4.69) is 11.1 Å². The Hall–Kier alpha value is -2.36. The maximum absolute atomic E-state index is 11.8. The molecule has 1 amide bonds. The highest BCUT2D eigenvalue weighted by Crippen LogP contribution is 2.15. The van der Waals surface area contributed by atoms with Crippen molar-refractivity contribution in [2.75, 3.05) is 13.1 Å². The Labute approximate surface area is 117 Å². The van der Waals surface area contributed by atoms with Crippen LogP contribution < -0.4 is 0 Å². The van der Waals surface area contributed by atoms with Gasteiger partial charge < -0.3 is 14.6 Å². The van der Waals surface area contributed by atoms with Crippen molar-refractivity contribution in [3.05, 3.63) is 18.2 Å². The summed E-state index contributed by atoms with van der Waals surface area (Å²) in [7, 11) is 0. The number of aromatic nitrogens is 2. The predicted octanol–water partition coefficient (Wildman–Crippen LogP) is 0.518. The summed E-state index contributed by atoms with van der Waals surface area (Å²) in [6.07, 6.45) is 5.03. The van der Waals surface area contributed by atoms with Crippen LogP contribution in [0.4, 0.5) is 0 Å². The molecule has 0 bridgehead atoms. The Bertz CT molecular complexity index is 486. The van der Waals surface area contributed by atoms with Crippen LogP contribution >= 0.6 is 0 Å². The number of rotatable bonds is 4. The van der Waals surface area contributed by atoms with E-state index in [0.29, 0.717) is 26.1 Å². The van der Waals surface area contributed by atoms with Crippen molar-refractivity contribution in [2.45, 2.75) is 26.3 Å². The number of aryl methyl sites for hydroxylation is 2. The molecule has 2 rings (SSSR count). The minimum atomic E-state index is -0.250. The van der Waals surface area contributed by atoms with Crippen molar-refractivity contribution < 1.29 is 14.7 Å². The number of nitrogens with zero attached hydrogens (tertiary/aromatic N) is 4. The minimum Gasteiger partial charge on any atom is -0.483 e. The quantitative estimate of drug-likeness (QED) is 0.809. The van der Waals surface area contributed by atoms with E-state index in [9.17, 15) is 4.79 Å². The molecule has 2 heterocycles. The molecule has 108 valence electrons. The first kappa shape index (κ1) is 15.7. The van der Waals surface area contributed by atoms with E-state index >= 15 is 0 Å². The smallest absolute Gasteiger partial charge is 0.290 e. The lowest BCUT2D eigenvalue weighted by Gasteiger charge is -2.35. The van der Waals surface area contributed by atoms with Crippen LogP contribution in [-0.2, 0) is 22.6 Å². The topological polar surface area (TPSA) is 99.2 Å². The van der Waals surface area contributed by atoms with Crippen LogP contribution in [0.25, 0.3) is 0 Å². The number of carbonyl (C=O) groups excluding carboxylic acids is 1. The van der Waals surface area contributed by atoms with Gasteiger partial charge >= 0.3 is 0 Å². The van der Waals surface area contributed by atoms with Crippen LogP contribution in [0.3, 0.4) is 0 Å². The Morgan fingerprint density at radius 1 is 1.65 bits per heavy atom. The third-order valence-corrected chi connectivity index (χ3v) is 3.10. The van der Waals surface area contributed by atoms with Crippen molar-refractivity contribution in [3.63, 3.8) is 0 Å². The fraction of sp³-hybridized carbons (Fsp3) is 0.538. The summed E-state index contributed by atoms with van der Waals surface area (Å²) in [6, 6.07) is 2.17. The number of hydrogen-bond donors (Lipinski definition) is 1. The number of imidazole rings is 1. The summed E-state index contributed by atoms with van der Waals surface area (Å²) >= 11 is 0. The summed E-state index contributed by atoms with van der Waals surface area (Å²) in [6.45, 7) is 3.67. The molecule has 0 saturated carbocycles. The van der Waals surface area contributed by atoms with Crippen molar-refractivity contribution in [1.29, 1.82) is 5.26 Å². The van der Waals surface area contributed by atoms with E-state index in [1.807, 2.05) is 17.7 Å². The van der Waals surface area contributed by atoms with Gasteiger partial charge in [-0.05, 0) is 0 Å². The number of carbonyl (C=O) groups is 2. The second-order valence-corrected chi connectivity index (χ2v) is 4.37. The Morgan fingerprint density at radius 3 is 2.85 bits per heavy atom. The van der Waals surface area contributed by atoms with E-state index in [4.69, 9.17) is 15.2 Å². The summed E-state index contributed by atoms with van der Waals surface area (Å²) in [5, 5.41) is 15.5. The number of carboxylic acid groups (broad SMARTS) is 1. The van der Waals surface area contributed by atoms with Crippen molar-refractivity contribution in [1.82, 2.24) is 14.5 Å². The molecule has 1 aliphatic heterocycles. The minimum absolute atomic E-state index is 0.0402. The highest BCUT2D eigenvalue weighted by Gasteiger charge is 2.29. The fourth-order valence-corrected chi connectivity index (χ4v) is 2.00. The molecule has 0 radical (unpaired) electrons. The number of nitriles is 1. The van der Waals surface area contributed by atoms with Crippen LogP contribution in [-0.4, -0.2) is 45.0 Å². The summed E-state index contributed by atoms with van der Waals surface area (Å²) in [5.74, 6) is 1.18. The molecule has 0 unspecified atom stereocenters. The lowest BCUT2D eigenvalue weighted by Crippen LogP contribution is -2.49. The van der Waals surface area contributed by atoms with Crippen LogP contribution in [0.15, 0.2) is 12.4 Å². The molecule has 7 nitrogen and oxygen atoms in total. The van der Waals surface area contributed by atoms with Gasteiger partial charge in [0.05, 0.1) is 12.0 Å². The maximum atomic E-state index is 11.8. The zero-order valence-corrected chi connectivity index (χ0v) is 11.4. The van der Waals surface area contributed by atoms with Crippen molar-refractivity contribution in [2.24, 2.45) is 5.92 Å². The zero-order valence-electron chi connectivity index (χ0n) is 11.4. The van der Waals surface area contributed by atoms with Gasteiger partial charge in [0.15, 0.2) is 0 Å². The number of hydrogen-bond acceptors (Lipinski definition) is 4. The molecule has 1 N–H and O–H groups in total. The van der Waals surface area contributed by atoms with Gasteiger partial charge in [0.25, 0.3) is 6.47 Å². The second kappa shape index (κ2) is 7.94. The van der Waals surface area contributed by atoms with Gasteiger partial charge in [-0.25, -0.2) is 4.98 Å². The van der Waals surface area contributed by atoms with Gasteiger partial charge in [0.2, 0.25) is 5.91 Å². The molecule has 0 atom stereocenters. The second-order valence-electron chi connectivity index (χ2n) is 4.37. The molecule has 0 spiro atoms. The number of likely N-dealkylation sites (tertiary alicyclic amines) is 1. The molecule has 1 aromatic rings. The van der Waals surface area contributed by atoms with Gasteiger partial charge in [-0.1, -0.05) is 6.92 Å². The van der Waals surface area contributed by atoms with Crippen LogP contribution in [0.5, 0.6) is 0 Å². The average molecular weight is 278 g/mol. The Kier molecular flexibility index (Phi) is 6.23. The summed E-state index contributed by atoms with van der Waals surface area (Å²) in [5.41, 5.74) is 0. The van der Waals surface area contributed by atoms with E-state index < -0.39 is 0 Å². The molecular weight excluding hydrogens is 260 g/mol. The van der Waals surface area contributed by atoms with E-state index in [0.717, 1.165) is 12.2 Å². The highest BCUT2D eigenvalue weighted by atomic mass is 16.3. The lowest BCUT2D eigenvalue weighted by molar-refractivity contribution is -0.136. The highest BCUT2D eigenvalue weighted by molar-refractivity contribution is 5.77. The molecule has 0 aromatic carbocycles. The van der Waals surface area contributed by atoms with Gasteiger partial charge in [-0.15, -0.1) is 0 Å². The maximum Gasteiger partial charge on any atom is 0.290 e. The summed E-state index contributed by atoms with van der Waals surface area (Å²) in [4.78, 5) is 26.1. The third kappa shape index (κ3) is 4.09. The molecule has 1 saturated heterocycles. The first-order valence-electron chi connectivity index (χ1n) is 6.41. The van der Waals surface area contributed by atoms with Crippen LogP contribution in [0.1, 0.15) is 19.2 Å². The molecule has 7 heteroatoms. The standard InChI is InChI=1S/C12H16N4O.CH2O2/c1-2-11-14-4-6-15(11)5-3-12(17)16-8-10(7-13)9-16;2-1-3/h4,6,10H,2-3,5,8-9H2,1H3;1H,(H,2,3). The summed E-state index contributed by atoms with van der Waals surface area (Å²) < 4.78 is 2.01.